The second kappa shape index (κ2) is 18.8. The molecule has 0 N–H and O–H groups in total. The van der Waals surface area contributed by atoms with Gasteiger partial charge in [-0.1, -0.05) is 231 Å². The van der Waals surface area contributed by atoms with Crippen molar-refractivity contribution in [2.75, 3.05) is 4.90 Å². The highest BCUT2D eigenvalue weighted by atomic mass is 28.3. The van der Waals surface area contributed by atoms with Gasteiger partial charge in [0.05, 0.1) is 11.0 Å². The average Bonchev–Trinajstić information content (AvgIpc) is 3.82. The van der Waals surface area contributed by atoms with Crippen molar-refractivity contribution in [2.45, 2.75) is 0 Å². The number of hydrogen-bond acceptors (Lipinski definition) is 1. The molecule has 73 heavy (non-hydrogen) atoms. The molecule has 1 aromatic heterocycles. The van der Waals surface area contributed by atoms with Gasteiger partial charge in [-0.3, -0.25) is 0 Å². The van der Waals surface area contributed by atoms with Crippen LogP contribution < -0.4 is 25.6 Å². The molecule has 0 aliphatic rings. The van der Waals surface area contributed by atoms with Crippen LogP contribution in [-0.2, 0) is 0 Å². The zero-order valence-corrected chi connectivity index (χ0v) is 41.3. The van der Waals surface area contributed by atoms with Gasteiger partial charge in [-0.25, -0.2) is 0 Å². The van der Waals surface area contributed by atoms with Crippen molar-refractivity contribution >= 4 is 78.5 Å². The topological polar surface area (TPSA) is 8.17 Å². The van der Waals surface area contributed by atoms with Crippen LogP contribution in [0.3, 0.4) is 0 Å². The first-order valence-electron chi connectivity index (χ1n) is 25.2. The minimum absolute atomic E-state index is 1.08. The fourth-order valence-electron chi connectivity index (χ4n) is 11.3. The molecule has 3 heteroatoms. The van der Waals surface area contributed by atoms with Gasteiger partial charge >= 0.3 is 0 Å². The second-order valence-corrected chi connectivity index (χ2v) is 22.7. The Kier molecular flexibility index (Phi) is 11.3. The summed E-state index contributed by atoms with van der Waals surface area (Å²) in [7, 11) is -2.73. The Morgan fingerprint density at radius 2 is 0.712 bits per heavy atom. The molecule has 1 heterocycles. The Bertz CT molecular complexity index is 3940. The SMILES string of the molecule is c1ccc(-n2c3ccccc3c3c(-c4ccc(N(c5ccc(-c6cccc(-c7ccc8ccccc8c7)c6)cc5)c5ccc([Si](c6ccccc6)(c6ccccc6)c6ccccc6)cc5)cc4)cccc32)cc1. The molecule has 0 aliphatic carbocycles. The van der Waals surface area contributed by atoms with E-state index in [1.807, 2.05) is 0 Å². The number of aromatic nitrogens is 1. The summed E-state index contributed by atoms with van der Waals surface area (Å²) in [4.78, 5) is 2.40. The summed E-state index contributed by atoms with van der Waals surface area (Å²) in [5, 5.41) is 10.4. The molecule has 13 aromatic rings. The summed E-state index contributed by atoms with van der Waals surface area (Å²) in [6.45, 7) is 0. The normalized spacial score (nSPS) is 11.6. The zero-order chi connectivity index (χ0) is 48.6. The molecular weight excluding hydrogens is 897 g/mol. The lowest BCUT2D eigenvalue weighted by molar-refractivity contribution is 1.18. The van der Waals surface area contributed by atoms with Crippen LogP contribution in [-0.4, -0.2) is 12.6 Å². The highest BCUT2D eigenvalue weighted by molar-refractivity contribution is 7.19. The van der Waals surface area contributed by atoms with Gasteiger partial charge in [-0.15, -0.1) is 0 Å². The van der Waals surface area contributed by atoms with E-state index in [-0.39, 0.29) is 0 Å². The Morgan fingerprint density at radius 1 is 0.274 bits per heavy atom. The number of hydrogen-bond donors (Lipinski definition) is 0. The Balaban J connectivity index is 0.929. The van der Waals surface area contributed by atoms with E-state index in [0.717, 1.165) is 22.7 Å². The van der Waals surface area contributed by atoms with Crippen LogP contribution in [0.25, 0.3) is 71.6 Å². The fraction of sp³-hybridized carbons (Fsp3) is 0. The molecule has 0 saturated carbocycles. The molecule has 0 bridgehead atoms. The van der Waals surface area contributed by atoms with E-state index in [1.165, 1.54) is 86.7 Å². The van der Waals surface area contributed by atoms with Gasteiger partial charge < -0.3 is 9.47 Å². The molecule has 0 fully saturated rings. The summed E-state index contributed by atoms with van der Waals surface area (Å²) in [5.74, 6) is 0. The van der Waals surface area contributed by atoms with Gasteiger partial charge in [0, 0.05) is 33.5 Å². The maximum absolute atomic E-state index is 2.73. The zero-order valence-electron chi connectivity index (χ0n) is 40.3. The first-order valence-corrected chi connectivity index (χ1v) is 27.2. The number of para-hydroxylation sites is 2. The second-order valence-electron chi connectivity index (χ2n) is 18.9. The lowest BCUT2D eigenvalue weighted by Gasteiger charge is -2.35. The van der Waals surface area contributed by atoms with Crippen LogP contribution >= 0.6 is 0 Å². The van der Waals surface area contributed by atoms with Crippen molar-refractivity contribution in [1.82, 2.24) is 4.57 Å². The minimum atomic E-state index is -2.73. The minimum Gasteiger partial charge on any atom is -0.311 e. The molecule has 0 spiro atoms. The first-order chi connectivity index (χ1) is 36.2. The predicted octanol–water partition coefficient (Wildman–Crippen LogP) is 15.8. The molecule has 0 aliphatic heterocycles. The van der Waals surface area contributed by atoms with Crippen LogP contribution in [0.1, 0.15) is 0 Å². The van der Waals surface area contributed by atoms with Crippen molar-refractivity contribution in [1.29, 1.82) is 0 Å². The maximum Gasteiger partial charge on any atom is 0.179 e. The number of rotatable bonds is 11. The van der Waals surface area contributed by atoms with Crippen LogP contribution in [0.4, 0.5) is 17.1 Å². The van der Waals surface area contributed by atoms with E-state index >= 15 is 0 Å². The molecular formula is C70H50N2Si. The van der Waals surface area contributed by atoms with E-state index in [2.05, 4.69) is 313 Å². The third-order valence-corrected chi connectivity index (χ3v) is 19.5. The fourth-order valence-corrected chi connectivity index (χ4v) is 16.1. The number of nitrogens with zero attached hydrogens (tertiary/aromatic N) is 2. The highest BCUT2D eigenvalue weighted by Gasteiger charge is 2.41. The van der Waals surface area contributed by atoms with Crippen molar-refractivity contribution in [3.63, 3.8) is 0 Å². The van der Waals surface area contributed by atoms with Gasteiger partial charge in [0.25, 0.3) is 0 Å². The van der Waals surface area contributed by atoms with Gasteiger partial charge in [-0.05, 0) is 138 Å². The maximum atomic E-state index is 2.40. The molecule has 0 amide bonds. The van der Waals surface area contributed by atoms with Crippen molar-refractivity contribution in [3.05, 3.63) is 303 Å². The van der Waals surface area contributed by atoms with E-state index in [0.29, 0.717) is 0 Å². The van der Waals surface area contributed by atoms with E-state index in [9.17, 15) is 0 Å². The standard InChI is InChI=1S/C70H50N2Si/c1-5-23-58(24-6-1)72-68-33-16-15-31-67(68)70-66(32-18-34-69(70)72)53-39-43-60(44-40-53)71(59-41-37-52(38-42-59)55-21-17-22-56(49-55)57-36-35-51-19-13-14-20-54(51)50-57)61-45-47-65(48-46-61)73(62-25-7-2-8-26-62,63-27-9-3-10-28-63)64-29-11-4-12-30-64/h1-50H. The lowest BCUT2D eigenvalue weighted by atomic mass is 9.97. The molecule has 0 radical (unpaired) electrons. The smallest absolute Gasteiger partial charge is 0.179 e. The monoisotopic (exact) mass is 946 g/mol. The Labute approximate surface area is 428 Å². The number of anilines is 3. The Hall–Kier alpha value is -9.28. The van der Waals surface area contributed by atoms with Gasteiger partial charge in [0.15, 0.2) is 8.07 Å². The largest absolute Gasteiger partial charge is 0.311 e. The molecule has 0 atom stereocenters. The quantitative estimate of drug-likeness (QED) is 0.0926. The average molecular weight is 947 g/mol. The van der Waals surface area contributed by atoms with Crippen LogP contribution in [0.2, 0.25) is 0 Å². The summed E-state index contributed by atoms with van der Waals surface area (Å²) in [5.41, 5.74) is 14.0. The predicted molar refractivity (Wildman–Crippen MR) is 313 cm³/mol. The van der Waals surface area contributed by atoms with E-state index in [4.69, 9.17) is 0 Å². The summed E-state index contributed by atoms with van der Waals surface area (Å²) in [6, 6.07) is 112. The highest BCUT2D eigenvalue weighted by Crippen LogP contribution is 2.41. The van der Waals surface area contributed by atoms with Crippen molar-refractivity contribution in [2.24, 2.45) is 0 Å². The van der Waals surface area contributed by atoms with Gasteiger partial charge in [-0.2, -0.15) is 0 Å². The Morgan fingerprint density at radius 3 is 1.33 bits per heavy atom. The van der Waals surface area contributed by atoms with Gasteiger partial charge in [0.2, 0.25) is 0 Å². The third kappa shape index (κ3) is 7.84. The van der Waals surface area contributed by atoms with Crippen molar-refractivity contribution in [3.8, 4) is 39.1 Å². The van der Waals surface area contributed by atoms with Crippen LogP contribution in [0.15, 0.2) is 303 Å². The molecule has 0 unspecified atom stereocenters. The molecule has 2 nitrogen and oxygen atoms in total. The van der Waals surface area contributed by atoms with Crippen LogP contribution in [0, 0.1) is 0 Å². The van der Waals surface area contributed by atoms with E-state index in [1.54, 1.807) is 0 Å². The van der Waals surface area contributed by atoms with E-state index < -0.39 is 8.07 Å². The number of fused-ring (bicyclic) bond motifs is 4. The van der Waals surface area contributed by atoms with Gasteiger partial charge in [0.1, 0.15) is 0 Å². The van der Waals surface area contributed by atoms with Crippen LogP contribution in [0.5, 0.6) is 0 Å². The lowest BCUT2D eigenvalue weighted by Crippen LogP contribution is -2.74. The molecule has 344 valence electrons. The third-order valence-electron chi connectivity index (χ3n) is 14.7. The summed E-state index contributed by atoms with van der Waals surface area (Å²) in [6.07, 6.45) is 0. The first kappa shape index (κ1) is 43.7. The summed E-state index contributed by atoms with van der Waals surface area (Å²) < 4.78 is 2.39. The molecule has 13 rings (SSSR count). The molecule has 0 saturated heterocycles. The van der Waals surface area contributed by atoms with Crippen molar-refractivity contribution < 1.29 is 0 Å². The summed E-state index contributed by atoms with van der Waals surface area (Å²) >= 11 is 0. The molecule has 12 aromatic carbocycles. The number of benzene rings is 12.